The highest BCUT2D eigenvalue weighted by molar-refractivity contribution is 5.76. The second-order valence-electron chi connectivity index (χ2n) is 5.23. The molecule has 1 saturated heterocycles. The number of amides is 1. The van der Waals surface area contributed by atoms with E-state index in [9.17, 15) is 4.79 Å². The Hall–Kier alpha value is -2.14. The maximum Gasteiger partial charge on any atom is 0.244 e. The van der Waals surface area contributed by atoms with E-state index in [0.29, 0.717) is 26.2 Å². The van der Waals surface area contributed by atoms with Crippen molar-refractivity contribution in [2.75, 3.05) is 19.7 Å². The summed E-state index contributed by atoms with van der Waals surface area (Å²) in [5.74, 6) is 0.0973. The first-order valence-electron chi connectivity index (χ1n) is 7.22. The second-order valence-corrected chi connectivity index (χ2v) is 5.23. The van der Waals surface area contributed by atoms with Gasteiger partial charge in [-0.2, -0.15) is 5.10 Å². The van der Waals surface area contributed by atoms with Gasteiger partial charge in [0.1, 0.15) is 6.54 Å². The summed E-state index contributed by atoms with van der Waals surface area (Å²) in [5, 5.41) is 4.08. The number of carbonyl (C=O) groups is 1. The monoisotopic (exact) mass is 285 g/mol. The van der Waals surface area contributed by atoms with Crippen molar-refractivity contribution in [1.82, 2.24) is 14.7 Å². The van der Waals surface area contributed by atoms with Gasteiger partial charge >= 0.3 is 0 Å². The van der Waals surface area contributed by atoms with Gasteiger partial charge < -0.3 is 9.64 Å². The highest BCUT2D eigenvalue weighted by atomic mass is 16.5. The minimum Gasteiger partial charge on any atom is -0.374 e. The molecular formula is C16H19N3O2. The Morgan fingerprint density at radius 2 is 2.14 bits per heavy atom. The minimum absolute atomic E-state index is 0.0720. The molecule has 110 valence electrons. The number of hydrogen-bond donors (Lipinski definition) is 0. The highest BCUT2D eigenvalue weighted by Gasteiger charge is 2.24. The van der Waals surface area contributed by atoms with Gasteiger partial charge in [-0.05, 0) is 11.6 Å². The third kappa shape index (κ3) is 3.70. The molecule has 1 aliphatic heterocycles. The minimum atomic E-state index is 0.0720. The maximum atomic E-state index is 12.3. The summed E-state index contributed by atoms with van der Waals surface area (Å²) in [5.41, 5.74) is 1.24. The van der Waals surface area contributed by atoms with E-state index in [1.807, 2.05) is 29.2 Å². The first-order chi connectivity index (χ1) is 10.3. The predicted octanol–water partition coefficient (Wildman–Crippen LogP) is 1.35. The Bertz CT molecular complexity index is 568. The molecule has 21 heavy (non-hydrogen) atoms. The Morgan fingerprint density at radius 3 is 2.90 bits per heavy atom. The zero-order valence-corrected chi connectivity index (χ0v) is 11.9. The molecule has 5 heteroatoms. The summed E-state index contributed by atoms with van der Waals surface area (Å²) in [4.78, 5) is 14.1. The first kappa shape index (κ1) is 13.8. The van der Waals surface area contributed by atoms with Crippen molar-refractivity contribution in [1.29, 1.82) is 0 Å². The van der Waals surface area contributed by atoms with Crippen molar-refractivity contribution in [3.05, 3.63) is 54.4 Å². The van der Waals surface area contributed by atoms with E-state index >= 15 is 0 Å². The van der Waals surface area contributed by atoms with E-state index in [1.54, 1.807) is 17.1 Å². The fourth-order valence-corrected chi connectivity index (χ4v) is 2.58. The van der Waals surface area contributed by atoms with Gasteiger partial charge in [0, 0.05) is 31.9 Å². The van der Waals surface area contributed by atoms with Crippen LogP contribution in [0.15, 0.2) is 48.8 Å². The summed E-state index contributed by atoms with van der Waals surface area (Å²) in [7, 11) is 0. The van der Waals surface area contributed by atoms with Crippen LogP contribution in [0.4, 0.5) is 0 Å². The lowest BCUT2D eigenvalue weighted by atomic mass is 10.1. The van der Waals surface area contributed by atoms with Crippen molar-refractivity contribution in [2.24, 2.45) is 0 Å². The van der Waals surface area contributed by atoms with Crippen molar-refractivity contribution in [3.63, 3.8) is 0 Å². The van der Waals surface area contributed by atoms with Gasteiger partial charge in [-0.1, -0.05) is 30.3 Å². The number of hydrogen-bond acceptors (Lipinski definition) is 3. The van der Waals surface area contributed by atoms with E-state index in [0.717, 1.165) is 6.42 Å². The summed E-state index contributed by atoms with van der Waals surface area (Å²) < 4.78 is 7.44. The van der Waals surface area contributed by atoms with E-state index in [2.05, 4.69) is 17.2 Å². The Kier molecular flexibility index (Phi) is 4.31. The van der Waals surface area contributed by atoms with Gasteiger partial charge in [0.2, 0.25) is 5.91 Å². The van der Waals surface area contributed by atoms with Crippen LogP contribution in [0.1, 0.15) is 5.56 Å². The average molecular weight is 285 g/mol. The fraction of sp³-hybridized carbons (Fsp3) is 0.375. The molecular weight excluding hydrogens is 266 g/mol. The lowest BCUT2D eigenvalue weighted by Gasteiger charge is -2.33. The van der Waals surface area contributed by atoms with Crippen LogP contribution < -0.4 is 0 Å². The van der Waals surface area contributed by atoms with Gasteiger partial charge in [0.05, 0.1) is 12.7 Å². The van der Waals surface area contributed by atoms with Crippen molar-refractivity contribution >= 4 is 5.91 Å². The maximum absolute atomic E-state index is 12.3. The predicted molar refractivity (Wildman–Crippen MR) is 78.7 cm³/mol. The van der Waals surface area contributed by atoms with E-state index in [4.69, 9.17) is 4.74 Å². The van der Waals surface area contributed by atoms with Crippen LogP contribution in [0.5, 0.6) is 0 Å². The topological polar surface area (TPSA) is 47.4 Å². The molecule has 0 bridgehead atoms. The molecule has 1 aromatic carbocycles. The number of nitrogens with zero attached hydrogens (tertiary/aromatic N) is 3. The van der Waals surface area contributed by atoms with Crippen molar-refractivity contribution in [3.8, 4) is 0 Å². The third-order valence-electron chi connectivity index (χ3n) is 3.65. The van der Waals surface area contributed by atoms with Crippen LogP contribution in [0.3, 0.4) is 0 Å². The Labute approximate surface area is 124 Å². The summed E-state index contributed by atoms with van der Waals surface area (Å²) in [6.45, 7) is 2.20. The largest absolute Gasteiger partial charge is 0.374 e. The smallest absolute Gasteiger partial charge is 0.244 e. The molecule has 0 N–H and O–H groups in total. The van der Waals surface area contributed by atoms with Crippen molar-refractivity contribution in [2.45, 2.75) is 19.1 Å². The summed E-state index contributed by atoms with van der Waals surface area (Å²) in [6.07, 6.45) is 4.40. The van der Waals surface area contributed by atoms with Crippen LogP contribution in [0, 0.1) is 0 Å². The number of rotatable bonds is 4. The molecule has 1 aliphatic rings. The third-order valence-corrected chi connectivity index (χ3v) is 3.65. The molecule has 0 spiro atoms. The standard InChI is InChI=1S/C16H19N3O2/c20-16(13-19-8-4-7-17-19)18-9-10-21-15(12-18)11-14-5-2-1-3-6-14/h1-8,15H,9-13H2. The van der Waals surface area contributed by atoms with Crippen molar-refractivity contribution < 1.29 is 9.53 Å². The average Bonchev–Trinajstić information content (AvgIpc) is 3.01. The number of benzene rings is 1. The van der Waals surface area contributed by atoms with Crippen LogP contribution >= 0.6 is 0 Å². The molecule has 2 aromatic rings. The molecule has 0 aliphatic carbocycles. The van der Waals surface area contributed by atoms with E-state index in [-0.39, 0.29) is 12.0 Å². The van der Waals surface area contributed by atoms with Gasteiger partial charge in [-0.3, -0.25) is 9.48 Å². The van der Waals surface area contributed by atoms with Gasteiger partial charge in [0.15, 0.2) is 0 Å². The van der Waals surface area contributed by atoms with Gasteiger partial charge in [-0.25, -0.2) is 0 Å². The number of ether oxygens (including phenoxy) is 1. The molecule has 1 aromatic heterocycles. The molecule has 0 radical (unpaired) electrons. The Morgan fingerprint density at radius 1 is 1.29 bits per heavy atom. The second kappa shape index (κ2) is 6.54. The number of aromatic nitrogens is 2. The molecule has 3 rings (SSSR count). The van der Waals surface area contributed by atoms with Crippen LogP contribution in [-0.4, -0.2) is 46.4 Å². The van der Waals surface area contributed by atoms with Crippen LogP contribution in [0.25, 0.3) is 0 Å². The lowest BCUT2D eigenvalue weighted by Crippen LogP contribution is -2.47. The molecule has 0 saturated carbocycles. The zero-order chi connectivity index (χ0) is 14.5. The molecule has 1 unspecified atom stereocenters. The molecule has 1 amide bonds. The fourth-order valence-electron chi connectivity index (χ4n) is 2.58. The molecule has 5 nitrogen and oxygen atoms in total. The van der Waals surface area contributed by atoms with E-state index < -0.39 is 0 Å². The quantitative estimate of drug-likeness (QED) is 0.852. The lowest BCUT2D eigenvalue weighted by molar-refractivity contribution is -0.139. The molecule has 1 atom stereocenters. The van der Waals surface area contributed by atoms with Gasteiger partial charge in [0.25, 0.3) is 0 Å². The summed E-state index contributed by atoms with van der Waals surface area (Å²) in [6, 6.07) is 12.1. The number of morpholine rings is 1. The Balaban J connectivity index is 1.56. The van der Waals surface area contributed by atoms with Gasteiger partial charge in [-0.15, -0.1) is 0 Å². The van der Waals surface area contributed by atoms with E-state index in [1.165, 1.54) is 5.56 Å². The molecule has 1 fully saturated rings. The SMILES string of the molecule is O=C(Cn1cccn1)N1CCOC(Cc2ccccc2)C1. The highest BCUT2D eigenvalue weighted by Crippen LogP contribution is 2.12. The van der Waals surface area contributed by atoms with Crippen LogP contribution in [-0.2, 0) is 22.5 Å². The zero-order valence-electron chi connectivity index (χ0n) is 11.9. The summed E-state index contributed by atoms with van der Waals surface area (Å²) >= 11 is 0. The normalized spacial score (nSPS) is 18.7. The number of carbonyl (C=O) groups excluding carboxylic acids is 1. The van der Waals surface area contributed by atoms with Crippen LogP contribution in [0.2, 0.25) is 0 Å². The molecule has 2 heterocycles. The first-order valence-corrected chi connectivity index (χ1v) is 7.22.